The van der Waals surface area contributed by atoms with E-state index in [0.29, 0.717) is 40.2 Å². The second-order valence-electron chi connectivity index (χ2n) is 6.64. The second kappa shape index (κ2) is 7.56. The van der Waals surface area contributed by atoms with E-state index in [9.17, 15) is 9.59 Å². The summed E-state index contributed by atoms with van der Waals surface area (Å²) in [6.45, 7) is 3.90. The van der Waals surface area contributed by atoms with Gasteiger partial charge in [-0.05, 0) is 26.7 Å². The molecular weight excluding hydrogens is 348 g/mol. The molecule has 0 aromatic carbocycles. The predicted molar refractivity (Wildman–Crippen MR) is 102 cm³/mol. The van der Waals surface area contributed by atoms with Gasteiger partial charge in [0, 0.05) is 18.7 Å². The van der Waals surface area contributed by atoms with Crippen molar-refractivity contribution in [1.82, 2.24) is 20.6 Å². The summed E-state index contributed by atoms with van der Waals surface area (Å²) in [5, 5.41) is 9.44. The topological polar surface area (TPSA) is 122 Å². The number of allylic oxidation sites excluding steroid dienone is 1. The van der Waals surface area contributed by atoms with Crippen molar-refractivity contribution in [3.8, 4) is 0 Å². The van der Waals surface area contributed by atoms with Crippen LogP contribution >= 0.6 is 0 Å². The zero-order valence-electron chi connectivity index (χ0n) is 15.5. The predicted octanol–water partition coefficient (Wildman–Crippen LogP) is 1.56. The first-order valence-corrected chi connectivity index (χ1v) is 8.62. The lowest BCUT2D eigenvalue weighted by Gasteiger charge is -2.13. The number of carbonyl (C=O) groups excluding carboxylic acids is 2. The molecule has 142 valence electrons. The van der Waals surface area contributed by atoms with Crippen LogP contribution in [0.3, 0.4) is 0 Å². The Labute approximate surface area is 156 Å². The summed E-state index contributed by atoms with van der Waals surface area (Å²) in [5.41, 5.74) is 1.14. The maximum absolute atomic E-state index is 12.8. The summed E-state index contributed by atoms with van der Waals surface area (Å²) in [6.07, 6.45) is 6.85. The van der Waals surface area contributed by atoms with Crippen molar-refractivity contribution < 1.29 is 14.0 Å². The number of hydrogen-bond acceptors (Lipinski definition) is 7. The Morgan fingerprint density at radius 1 is 1.41 bits per heavy atom. The number of nitrogens with one attached hydrogen (secondary N) is 3. The highest BCUT2D eigenvalue weighted by atomic mass is 16.3. The highest BCUT2D eigenvalue weighted by Gasteiger charge is 2.38. The van der Waals surface area contributed by atoms with Crippen molar-refractivity contribution in [2.24, 2.45) is 4.99 Å². The standard InChI is InChI=1S/C18H22N6O3/c1-11-13(16(26)20-8-12(4-7-25)21-9-19-3)14-15(24-18(2)5-6-18)22-10-23-17(14)27-11/h4,7,9-10H,5-6,8H2,1-3H3,(H,19,21)(H,20,26)(H,22,23,24)/b12-4-. The molecule has 0 spiro atoms. The number of aromatic nitrogens is 2. The smallest absolute Gasteiger partial charge is 0.255 e. The van der Waals surface area contributed by atoms with E-state index in [1.54, 1.807) is 14.0 Å². The van der Waals surface area contributed by atoms with E-state index in [1.807, 2.05) is 0 Å². The van der Waals surface area contributed by atoms with E-state index in [4.69, 9.17) is 4.42 Å². The molecule has 3 N–H and O–H groups in total. The van der Waals surface area contributed by atoms with Gasteiger partial charge < -0.3 is 20.4 Å². The number of furan rings is 1. The van der Waals surface area contributed by atoms with Gasteiger partial charge in [-0.3, -0.25) is 9.59 Å². The Morgan fingerprint density at radius 2 is 2.19 bits per heavy atom. The zero-order chi connectivity index (χ0) is 19.4. The fourth-order valence-corrected chi connectivity index (χ4v) is 2.64. The van der Waals surface area contributed by atoms with Crippen LogP contribution in [0.5, 0.6) is 0 Å². The highest BCUT2D eigenvalue weighted by Crippen LogP contribution is 2.40. The number of anilines is 1. The maximum atomic E-state index is 12.8. The largest absolute Gasteiger partial charge is 0.442 e. The number of aldehydes is 1. The first-order chi connectivity index (χ1) is 13.0. The highest BCUT2D eigenvalue weighted by molar-refractivity contribution is 6.10. The normalized spacial score (nSPS) is 15.7. The van der Waals surface area contributed by atoms with Crippen molar-refractivity contribution in [1.29, 1.82) is 0 Å². The Balaban J connectivity index is 1.87. The van der Waals surface area contributed by atoms with Crippen molar-refractivity contribution in [2.45, 2.75) is 32.2 Å². The van der Waals surface area contributed by atoms with Crippen LogP contribution in [0.4, 0.5) is 5.82 Å². The molecule has 0 atom stereocenters. The average molecular weight is 370 g/mol. The summed E-state index contributed by atoms with van der Waals surface area (Å²) in [4.78, 5) is 36.1. The van der Waals surface area contributed by atoms with Crippen molar-refractivity contribution in [2.75, 3.05) is 18.9 Å². The summed E-state index contributed by atoms with van der Waals surface area (Å²) in [5.74, 6) is 0.687. The molecule has 0 unspecified atom stereocenters. The Kier molecular flexibility index (Phi) is 5.20. The molecule has 2 aromatic rings. The van der Waals surface area contributed by atoms with E-state index in [1.165, 1.54) is 18.7 Å². The van der Waals surface area contributed by atoms with E-state index in [0.717, 1.165) is 12.8 Å². The molecule has 3 rings (SSSR count). The Bertz CT molecular complexity index is 927. The third kappa shape index (κ3) is 4.13. The van der Waals surface area contributed by atoms with Crippen molar-refractivity contribution in [3.05, 3.63) is 29.4 Å². The van der Waals surface area contributed by atoms with Gasteiger partial charge in [-0.2, -0.15) is 0 Å². The van der Waals surface area contributed by atoms with E-state index in [2.05, 4.69) is 37.8 Å². The summed E-state index contributed by atoms with van der Waals surface area (Å²) < 4.78 is 5.65. The van der Waals surface area contributed by atoms with Gasteiger partial charge in [-0.15, -0.1) is 0 Å². The fraction of sp³-hybridized carbons (Fsp3) is 0.389. The lowest BCUT2D eigenvalue weighted by atomic mass is 10.1. The number of fused-ring (bicyclic) bond motifs is 1. The molecule has 0 aliphatic heterocycles. The Morgan fingerprint density at radius 3 is 2.85 bits per heavy atom. The molecule has 1 saturated carbocycles. The monoisotopic (exact) mass is 370 g/mol. The van der Waals surface area contributed by atoms with Crippen LogP contribution < -0.4 is 16.0 Å². The van der Waals surface area contributed by atoms with E-state index < -0.39 is 0 Å². The number of nitrogens with zero attached hydrogens (tertiary/aromatic N) is 3. The van der Waals surface area contributed by atoms with Gasteiger partial charge in [0.1, 0.15) is 24.2 Å². The van der Waals surface area contributed by atoms with Gasteiger partial charge in [0.15, 0.2) is 0 Å². The van der Waals surface area contributed by atoms with E-state index >= 15 is 0 Å². The van der Waals surface area contributed by atoms with Gasteiger partial charge >= 0.3 is 0 Å². The Hall–Kier alpha value is -3.23. The molecule has 27 heavy (non-hydrogen) atoms. The van der Waals surface area contributed by atoms with Crippen LogP contribution in [-0.2, 0) is 4.79 Å². The van der Waals surface area contributed by atoms with Crippen molar-refractivity contribution >= 4 is 35.4 Å². The molecule has 1 aliphatic carbocycles. The van der Waals surface area contributed by atoms with Crippen LogP contribution in [0.25, 0.3) is 11.1 Å². The van der Waals surface area contributed by atoms with Crippen LogP contribution in [-0.4, -0.2) is 47.6 Å². The lowest BCUT2D eigenvalue weighted by molar-refractivity contribution is -0.104. The molecule has 2 aromatic heterocycles. The van der Waals surface area contributed by atoms with Crippen LogP contribution in [0.2, 0.25) is 0 Å². The van der Waals surface area contributed by atoms with Gasteiger partial charge in [0.05, 0.1) is 29.5 Å². The SMILES string of the molecule is CN/C=N\C(=C/C=O)CNC(=O)c1c(C)oc2ncnc(NC3(C)CC3)c12. The van der Waals surface area contributed by atoms with Gasteiger partial charge in [-0.25, -0.2) is 15.0 Å². The molecule has 0 radical (unpaired) electrons. The molecular formula is C18H22N6O3. The third-order valence-corrected chi connectivity index (χ3v) is 4.36. The lowest BCUT2D eigenvalue weighted by Crippen LogP contribution is -2.26. The molecule has 1 fully saturated rings. The number of rotatable bonds is 8. The minimum Gasteiger partial charge on any atom is -0.442 e. The first-order valence-electron chi connectivity index (χ1n) is 8.62. The molecule has 2 heterocycles. The summed E-state index contributed by atoms with van der Waals surface area (Å²) in [6, 6.07) is 0. The average Bonchev–Trinajstić information content (AvgIpc) is 3.25. The molecule has 9 nitrogen and oxygen atoms in total. The number of aliphatic imine (C=N–C) groups is 1. The zero-order valence-corrected chi connectivity index (χ0v) is 15.5. The minimum atomic E-state index is -0.346. The summed E-state index contributed by atoms with van der Waals surface area (Å²) in [7, 11) is 1.69. The minimum absolute atomic E-state index is 0.0120. The molecule has 0 bridgehead atoms. The number of amides is 1. The van der Waals surface area contributed by atoms with Crippen LogP contribution in [0.15, 0.2) is 27.5 Å². The maximum Gasteiger partial charge on any atom is 0.255 e. The van der Waals surface area contributed by atoms with E-state index in [-0.39, 0.29) is 18.0 Å². The van der Waals surface area contributed by atoms with Gasteiger partial charge in [-0.1, -0.05) is 0 Å². The van der Waals surface area contributed by atoms with Crippen LogP contribution in [0.1, 0.15) is 35.9 Å². The second-order valence-corrected chi connectivity index (χ2v) is 6.64. The fourth-order valence-electron chi connectivity index (χ4n) is 2.64. The number of hydrogen-bond donors (Lipinski definition) is 3. The molecule has 0 saturated heterocycles. The number of aryl methyl sites for hydroxylation is 1. The third-order valence-electron chi connectivity index (χ3n) is 4.36. The van der Waals surface area contributed by atoms with Crippen molar-refractivity contribution in [3.63, 3.8) is 0 Å². The number of carbonyl (C=O) groups is 2. The summed E-state index contributed by atoms with van der Waals surface area (Å²) >= 11 is 0. The van der Waals surface area contributed by atoms with Gasteiger partial charge in [0.2, 0.25) is 5.71 Å². The van der Waals surface area contributed by atoms with Gasteiger partial charge in [0.25, 0.3) is 5.91 Å². The van der Waals surface area contributed by atoms with Crippen LogP contribution in [0, 0.1) is 6.92 Å². The molecule has 1 amide bonds. The molecule has 9 heteroatoms. The first kappa shape index (κ1) is 18.6. The molecule has 1 aliphatic rings. The quantitative estimate of drug-likeness (QED) is 0.279.